The maximum atomic E-state index is 14.3. The molecule has 1 aliphatic heterocycles. The van der Waals surface area contributed by atoms with E-state index < -0.39 is 6.04 Å². The van der Waals surface area contributed by atoms with E-state index in [4.69, 9.17) is 16.3 Å². The highest BCUT2D eigenvalue weighted by Crippen LogP contribution is 2.48. The predicted molar refractivity (Wildman–Crippen MR) is 155 cm³/mol. The minimum Gasteiger partial charge on any atom is -0.497 e. The highest BCUT2D eigenvalue weighted by molar-refractivity contribution is 6.30. The fraction of sp³-hybridized carbons (Fsp3) is 0.152. The van der Waals surface area contributed by atoms with Gasteiger partial charge in [0.2, 0.25) is 0 Å². The number of allylic oxidation sites excluding steroid dienone is 1. The third-order valence-electron chi connectivity index (χ3n) is 7.48. The lowest BCUT2D eigenvalue weighted by Crippen LogP contribution is -2.38. The van der Waals surface area contributed by atoms with Crippen LogP contribution < -0.4 is 15.0 Å². The monoisotopic (exact) mass is 534 g/mol. The summed E-state index contributed by atoms with van der Waals surface area (Å²) < 4.78 is 5.54. The molecule has 2 aliphatic rings. The quantitative estimate of drug-likeness (QED) is 0.293. The van der Waals surface area contributed by atoms with E-state index in [9.17, 15) is 9.59 Å². The highest BCUT2D eigenvalue weighted by atomic mass is 35.5. The van der Waals surface area contributed by atoms with Crippen molar-refractivity contribution in [2.24, 2.45) is 0 Å². The lowest BCUT2D eigenvalue weighted by atomic mass is 9.78. The molecule has 0 aromatic heterocycles. The van der Waals surface area contributed by atoms with Crippen LogP contribution in [0.25, 0.3) is 0 Å². The molecule has 1 amide bonds. The Labute approximate surface area is 232 Å². The van der Waals surface area contributed by atoms with Crippen LogP contribution in [0.15, 0.2) is 114 Å². The van der Waals surface area contributed by atoms with Crippen LogP contribution in [0.4, 0.5) is 11.4 Å². The van der Waals surface area contributed by atoms with E-state index >= 15 is 0 Å². The van der Waals surface area contributed by atoms with E-state index in [1.165, 1.54) is 0 Å². The fourth-order valence-electron chi connectivity index (χ4n) is 5.63. The molecule has 2 atom stereocenters. The minimum absolute atomic E-state index is 0.00415. The molecule has 4 aromatic rings. The van der Waals surface area contributed by atoms with Gasteiger partial charge in [-0.1, -0.05) is 66.2 Å². The summed E-state index contributed by atoms with van der Waals surface area (Å²) in [5, 5.41) is 4.24. The second kappa shape index (κ2) is 10.4. The second-order valence-electron chi connectivity index (χ2n) is 9.83. The molecule has 0 bridgehead atoms. The molecular weight excluding hydrogens is 508 g/mol. The van der Waals surface area contributed by atoms with Gasteiger partial charge in [-0.3, -0.25) is 14.5 Å². The van der Waals surface area contributed by atoms with Crippen LogP contribution in [0.2, 0.25) is 5.02 Å². The van der Waals surface area contributed by atoms with Gasteiger partial charge in [-0.2, -0.15) is 0 Å². The van der Waals surface area contributed by atoms with Gasteiger partial charge in [0.25, 0.3) is 5.91 Å². The van der Waals surface area contributed by atoms with Crippen LogP contribution in [0.1, 0.15) is 46.3 Å². The Balaban J connectivity index is 1.56. The van der Waals surface area contributed by atoms with Gasteiger partial charge in [0, 0.05) is 28.3 Å². The largest absolute Gasteiger partial charge is 0.497 e. The van der Waals surface area contributed by atoms with Crippen molar-refractivity contribution in [3.05, 3.63) is 136 Å². The van der Waals surface area contributed by atoms with E-state index in [0.29, 0.717) is 40.4 Å². The molecule has 0 fully saturated rings. The first-order chi connectivity index (χ1) is 19.0. The van der Waals surface area contributed by atoms with Gasteiger partial charge >= 0.3 is 0 Å². The molecular formula is C33H27ClN2O3. The van der Waals surface area contributed by atoms with E-state index in [0.717, 1.165) is 22.5 Å². The zero-order valence-electron chi connectivity index (χ0n) is 21.4. The Bertz CT molecular complexity index is 1580. The number of nitrogens with zero attached hydrogens (tertiary/aromatic N) is 1. The third-order valence-corrected chi connectivity index (χ3v) is 7.73. The molecule has 1 aliphatic carbocycles. The van der Waals surface area contributed by atoms with Crippen molar-refractivity contribution in [2.45, 2.75) is 24.8 Å². The van der Waals surface area contributed by atoms with Gasteiger partial charge in [0.1, 0.15) is 5.75 Å². The van der Waals surface area contributed by atoms with Crippen molar-refractivity contribution >= 4 is 34.7 Å². The Morgan fingerprint density at radius 2 is 1.62 bits per heavy atom. The first-order valence-corrected chi connectivity index (χ1v) is 13.3. The standard InChI is InChI=1S/C33H27ClN2O3/c1-39-26-11-7-10-23(18-26)32-31-28(19-24(20-30(31)37)21-14-16-25(34)17-15-21)35-27-12-5-6-13-29(27)36(32)33(38)22-8-3-2-4-9-22/h2-18,24,32,35H,19-20H2,1H3/t24-,32+/m1/s1. The molecule has 0 unspecified atom stereocenters. The molecule has 0 saturated carbocycles. The Hall–Kier alpha value is -4.35. The molecule has 6 heteroatoms. The molecule has 0 radical (unpaired) electrons. The maximum absolute atomic E-state index is 14.3. The fourth-order valence-corrected chi connectivity index (χ4v) is 5.76. The Morgan fingerprint density at radius 3 is 2.38 bits per heavy atom. The van der Waals surface area contributed by atoms with Crippen LogP contribution in [-0.2, 0) is 4.79 Å². The van der Waals surface area contributed by atoms with E-state index in [-0.39, 0.29) is 17.6 Å². The summed E-state index contributed by atoms with van der Waals surface area (Å²) in [7, 11) is 1.61. The zero-order chi connectivity index (χ0) is 26.9. The number of ketones is 1. The van der Waals surface area contributed by atoms with Gasteiger partial charge in [-0.25, -0.2) is 0 Å². The molecule has 194 valence electrons. The van der Waals surface area contributed by atoms with E-state index in [2.05, 4.69) is 5.32 Å². The average molecular weight is 535 g/mol. The van der Waals surface area contributed by atoms with Crippen LogP contribution in [0, 0.1) is 0 Å². The summed E-state index contributed by atoms with van der Waals surface area (Å²) in [6, 6.07) is 31.6. The number of methoxy groups -OCH3 is 1. The van der Waals surface area contributed by atoms with E-state index in [1.54, 1.807) is 24.1 Å². The lowest BCUT2D eigenvalue weighted by Gasteiger charge is -2.35. The SMILES string of the molecule is COc1cccc([C@H]2C3=C(C[C@@H](c4ccc(Cl)cc4)CC3=O)Nc3ccccc3N2C(=O)c2ccccc2)c1. The number of halogens is 1. The first kappa shape index (κ1) is 25.0. The number of hydrogen-bond donors (Lipinski definition) is 1. The van der Waals surface area contributed by atoms with Crippen LogP contribution in [0.3, 0.4) is 0 Å². The molecule has 0 spiro atoms. The van der Waals surface area contributed by atoms with E-state index in [1.807, 2.05) is 91.0 Å². The third kappa shape index (κ3) is 4.70. The smallest absolute Gasteiger partial charge is 0.259 e. The number of hydrogen-bond acceptors (Lipinski definition) is 4. The second-order valence-corrected chi connectivity index (χ2v) is 10.3. The normalized spacial score (nSPS) is 18.5. The van der Waals surface area contributed by atoms with Crippen molar-refractivity contribution in [3.8, 4) is 5.75 Å². The molecule has 4 aromatic carbocycles. The molecule has 1 heterocycles. The number of para-hydroxylation sites is 2. The number of rotatable bonds is 4. The molecule has 1 N–H and O–H groups in total. The molecule has 0 saturated heterocycles. The molecule has 6 rings (SSSR count). The van der Waals surface area contributed by atoms with Crippen LogP contribution >= 0.6 is 11.6 Å². The van der Waals surface area contributed by atoms with Crippen molar-refractivity contribution in [1.29, 1.82) is 0 Å². The number of carbonyl (C=O) groups excluding carboxylic acids is 2. The molecule has 5 nitrogen and oxygen atoms in total. The number of amides is 1. The summed E-state index contributed by atoms with van der Waals surface area (Å²) in [6.45, 7) is 0. The Morgan fingerprint density at radius 1 is 0.872 bits per heavy atom. The van der Waals surface area contributed by atoms with Gasteiger partial charge in [0.05, 0.1) is 24.5 Å². The van der Waals surface area contributed by atoms with Gasteiger partial charge < -0.3 is 10.1 Å². The number of ether oxygens (including phenoxy) is 1. The number of fused-ring (bicyclic) bond motifs is 1. The number of Topliss-reactive ketones (excluding diaryl/α,β-unsaturated/α-hetero) is 1. The van der Waals surface area contributed by atoms with Crippen molar-refractivity contribution in [2.75, 3.05) is 17.3 Å². The summed E-state index contributed by atoms with van der Waals surface area (Å²) in [5.41, 5.74) is 5.35. The first-order valence-electron chi connectivity index (χ1n) is 12.9. The van der Waals surface area contributed by atoms with Crippen molar-refractivity contribution in [3.63, 3.8) is 0 Å². The van der Waals surface area contributed by atoms with Gasteiger partial charge in [-0.05, 0) is 72.0 Å². The Kier molecular flexibility index (Phi) is 6.67. The highest BCUT2D eigenvalue weighted by Gasteiger charge is 2.42. The van der Waals surface area contributed by atoms with Crippen LogP contribution in [-0.4, -0.2) is 18.8 Å². The summed E-state index contributed by atoms with van der Waals surface area (Å²) >= 11 is 6.14. The molecule has 39 heavy (non-hydrogen) atoms. The van der Waals surface area contributed by atoms with Crippen LogP contribution in [0.5, 0.6) is 5.75 Å². The number of anilines is 2. The number of nitrogens with one attached hydrogen (secondary N) is 1. The zero-order valence-corrected chi connectivity index (χ0v) is 22.2. The lowest BCUT2D eigenvalue weighted by molar-refractivity contribution is -0.116. The number of benzene rings is 4. The summed E-state index contributed by atoms with van der Waals surface area (Å²) in [5.74, 6) is 0.485. The predicted octanol–water partition coefficient (Wildman–Crippen LogP) is 7.56. The summed E-state index contributed by atoms with van der Waals surface area (Å²) in [4.78, 5) is 30.2. The minimum atomic E-state index is -0.641. The van der Waals surface area contributed by atoms with Crippen molar-refractivity contribution in [1.82, 2.24) is 0 Å². The van der Waals surface area contributed by atoms with Gasteiger partial charge in [0.15, 0.2) is 5.78 Å². The van der Waals surface area contributed by atoms with Gasteiger partial charge in [-0.15, -0.1) is 0 Å². The average Bonchev–Trinajstić information content (AvgIpc) is 3.12. The summed E-state index contributed by atoms with van der Waals surface area (Å²) in [6.07, 6.45) is 0.969. The topological polar surface area (TPSA) is 58.6 Å². The van der Waals surface area contributed by atoms with Crippen molar-refractivity contribution < 1.29 is 14.3 Å². The number of carbonyl (C=O) groups is 2. The maximum Gasteiger partial charge on any atom is 0.259 e.